The van der Waals surface area contributed by atoms with Crippen LogP contribution in [-0.2, 0) is 14.3 Å². The first-order valence-corrected chi connectivity index (χ1v) is 6.00. The summed E-state index contributed by atoms with van der Waals surface area (Å²) in [5.41, 5.74) is -0.595. The number of nitrogens with one attached hydrogen (secondary N) is 1. The van der Waals surface area contributed by atoms with E-state index in [1.165, 1.54) is 14.0 Å². The Morgan fingerprint density at radius 3 is 2.26 bits per heavy atom. The normalized spacial score (nSPS) is 12.5. The zero-order chi connectivity index (χ0) is 15.2. The first kappa shape index (κ1) is 17.2. The average Bonchev–Trinajstić information content (AvgIpc) is 2.24. The quantitative estimate of drug-likeness (QED) is 0.774. The van der Waals surface area contributed by atoms with Gasteiger partial charge in [-0.3, -0.25) is 4.79 Å². The van der Waals surface area contributed by atoms with Crippen LogP contribution in [0.1, 0.15) is 34.1 Å². The topological polar surface area (TPSA) is 95.9 Å². The minimum atomic E-state index is -1.07. The van der Waals surface area contributed by atoms with Crippen molar-refractivity contribution in [1.82, 2.24) is 10.2 Å². The van der Waals surface area contributed by atoms with Gasteiger partial charge < -0.3 is 20.1 Å². The van der Waals surface area contributed by atoms with Gasteiger partial charge in [-0.05, 0) is 27.7 Å². The number of alkyl carbamates (subject to hydrolysis) is 1. The molecule has 0 unspecified atom stereocenters. The van der Waals surface area contributed by atoms with Crippen LogP contribution >= 0.6 is 0 Å². The second-order valence-corrected chi connectivity index (χ2v) is 5.20. The fourth-order valence-electron chi connectivity index (χ4n) is 1.14. The third kappa shape index (κ3) is 7.28. The second-order valence-electron chi connectivity index (χ2n) is 5.20. The van der Waals surface area contributed by atoms with E-state index in [4.69, 9.17) is 9.84 Å². The number of hydrogen-bond donors (Lipinski definition) is 2. The minimum Gasteiger partial charge on any atom is -0.480 e. The molecule has 0 aliphatic rings. The van der Waals surface area contributed by atoms with E-state index in [1.54, 1.807) is 20.8 Å². The molecule has 2 N–H and O–H groups in total. The molecule has 0 aliphatic carbocycles. The monoisotopic (exact) mass is 274 g/mol. The zero-order valence-electron chi connectivity index (χ0n) is 12.0. The number of amides is 2. The van der Waals surface area contributed by atoms with Crippen LogP contribution in [0.25, 0.3) is 0 Å². The maximum Gasteiger partial charge on any atom is 0.407 e. The average molecular weight is 274 g/mol. The molecule has 0 rings (SSSR count). The highest BCUT2D eigenvalue weighted by Gasteiger charge is 2.21. The largest absolute Gasteiger partial charge is 0.480 e. The number of aliphatic carboxylic acids is 1. The molecule has 7 heteroatoms. The van der Waals surface area contributed by atoms with E-state index in [2.05, 4.69) is 5.32 Å². The number of ether oxygens (including phenoxy) is 1. The molecule has 1 atom stereocenters. The SMILES string of the molecule is C[C@@H](C(=O)O)N(C)C(=O)CCNC(=O)OC(C)(C)C. The number of nitrogens with zero attached hydrogens (tertiary/aromatic N) is 1. The molecule has 0 saturated carbocycles. The number of hydrogen-bond acceptors (Lipinski definition) is 4. The highest BCUT2D eigenvalue weighted by molar-refractivity contribution is 5.83. The van der Waals surface area contributed by atoms with E-state index in [9.17, 15) is 14.4 Å². The molecule has 0 spiro atoms. The van der Waals surface area contributed by atoms with Gasteiger partial charge in [-0.2, -0.15) is 0 Å². The molecule has 0 aliphatic heterocycles. The summed E-state index contributed by atoms with van der Waals surface area (Å²) < 4.78 is 5.00. The Labute approximate surface area is 112 Å². The lowest BCUT2D eigenvalue weighted by atomic mass is 10.2. The second kappa shape index (κ2) is 6.96. The van der Waals surface area contributed by atoms with Gasteiger partial charge in [0.1, 0.15) is 11.6 Å². The highest BCUT2D eigenvalue weighted by Crippen LogP contribution is 2.06. The molecule has 0 fully saturated rings. The fourth-order valence-corrected chi connectivity index (χ4v) is 1.14. The van der Waals surface area contributed by atoms with Crippen LogP contribution in [0, 0.1) is 0 Å². The minimum absolute atomic E-state index is 0.0212. The van der Waals surface area contributed by atoms with Crippen LogP contribution in [0.4, 0.5) is 4.79 Å². The van der Waals surface area contributed by atoms with Gasteiger partial charge >= 0.3 is 12.1 Å². The van der Waals surface area contributed by atoms with E-state index < -0.39 is 23.7 Å². The van der Waals surface area contributed by atoms with Crippen molar-refractivity contribution >= 4 is 18.0 Å². The number of carboxylic acids is 1. The smallest absolute Gasteiger partial charge is 0.407 e. The molecule has 19 heavy (non-hydrogen) atoms. The fraction of sp³-hybridized carbons (Fsp3) is 0.750. The molecule has 2 amide bonds. The summed E-state index contributed by atoms with van der Waals surface area (Å²) in [6.07, 6.45) is -0.581. The molecule has 0 bridgehead atoms. The van der Waals surface area contributed by atoms with Crippen molar-refractivity contribution in [3.8, 4) is 0 Å². The molecule has 7 nitrogen and oxygen atoms in total. The van der Waals surface area contributed by atoms with Gasteiger partial charge in [0, 0.05) is 20.0 Å². The summed E-state index contributed by atoms with van der Waals surface area (Å²) in [7, 11) is 1.41. The van der Waals surface area contributed by atoms with Crippen molar-refractivity contribution in [3.05, 3.63) is 0 Å². The molecule has 0 aromatic heterocycles. The van der Waals surface area contributed by atoms with Gasteiger partial charge in [-0.25, -0.2) is 9.59 Å². The number of likely N-dealkylation sites (N-methyl/N-ethyl adjacent to an activating group) is 1. The van der Waals surface area contributed by atoms with E-state index in [0.717, 1.165) is 4.90 Å². The summed E-state index contributed by atoms with van der Waals surface area (Å²) in [6, 6.07) is -0.894. The lowest BCUT2D eigenvalue weighted by Crippen LogP contribution is -2.42. The van der Waals surface area contributed by atoms with Crippen molar-refractivity contribution in [2.75, 3.05) is 13.6 Å². The third-order valence-corrected chi connectivity index (χ3v) is 2.34. The Hall–Kier alpha value is -1.79. The first-order chi connectivity index (χ1) is 8.54. The van der Waals surface area contributed by atoms with E-state index in [1.807, 2.05) is 0 Å². The summed E-state index contributed by atoms with van der Waals surface area (Å²) in [6.45, 7) is 6.73. The molecular formula is C12H22N2O5. The highest BCUT2D eigenvalue weighted by atomic mass is 16.6. The van der Waals surface area contributed by atoms with Gasteiger partial charge in [0.15, 0.2) is 0 Å². The lowest BCUT2D eigenvalue weighted by molar-refractivity contribution is -0.148. The van der Waals surface area contributed by atoms with Crippen LogP contribution in [0.5, 0.6) is 0 Å². The Balaban J connectivity index is 4.05. The van der Waals surface area contributed by atoms with Crippen LogP contribution in [0.3, 0.4) is 0 Å². The maximum atomic E-state index is 11.6. The Kier molecular flexibility index (Phi) is 6.31. The van der Waals surface area contributed by atoms with Crippen molar-refractivity contribution in [2.45, 2.75) is 45.8 Å². The summed E-state index contributed by atoms with van der Waals surface area (Å²) in [5, 5.41) is 11.2. The van der Waals surface area contributed by atoms with Gasteiger partial charge in [-0.1, -0.05) is 0 Å². The molecule has 0 aromatic carbocycles. The van der Waals surface area contributed by atoms with Gasteiger partial charge in [0.25, 0.3) is 0 Å². The Morgan fingerprint density at radius 2 is 1.84 bits per heavy atom. The number of carboxylic acid groups (broad SMARTS) is 1. The summed E-state index contributed by atoms with van der Waals surface area (Å²) >= 11 is 0. The molecular weight excluding hydrogens is 252 g/mol. The Bertz CT molecular complexity index is 349. The van der Waals surface area contributed by atoms with Crippen molar-refractivity contribution in [2.24, 2.45) is 0 Å². The van der Waals surface area contributed by atoms with E-state index in [0.29, 0.717) is 0 Å². The zero-order valence-corrected chi connectivity index (χ0v) is 12.0. The van der Waals surface area contributed by atoms with Gasteiger partial charge in [-0.15, -0.1) is 0 Å². The molecule has 0 saturated heterocycles. The van der Waals surface area contributed by atoms with E-state index in [-0.39, 0.29) is 18.9 Å². The van der Waals surface area contributed by atoms with Crippen LogP contribution < -0.4 is 5.32 Å². The maximum absolute atomic E-state index is 11.6. The number of carbonyl (C=O) groups excluding carboxylic acids is 2. The molecule has 0 radical (unpaired) electrons. The number of rotatable bonds is 5. The third-order valence-electron chi connectivity index (χ3n) is 2.34. The predicted octanol–water partition coefficient (Wildman–Crippen LogP) is 0.833. The number of carbonyl (C=O) groups is 3. The molecule has 0 heterocycles. The lowest BCUT2D eigenvalue weighted by Gasteiger charge is -2.22. The van der Waals surface area contributed by atoms with E-state index >= 15 is 0 Å². The van der Waals surface area contributed by atoms with Gasteiger partial charge in [0.05, 0.1) is 0 Å². The van der Waals surface area contributed by atoms with Crippen LogP contribution in [0.2, 0.25) is 0 Å². The van der Waals surface area contributed by atoms with Crippen molar-refractivity contribution < 1.29 is 24.2 Å². The first-order valence-electron chi connectivity index (χ1n) is 6.00. The van der Waals surface area contributed by atoms with Crippen molar-refractivity contribution in [3.63, 3.8) is 0 Å². The summed E-state index contributed by atoms with van der Waals surface area (Å²) in [4.78, 5) is 34.8. The van der Waals surface area contributed by atoms with Crippen molar-refractivity contribution in [1.29, 1.82) is 0 Å². The van der Waals surface area contributed by atoms with Gasteiger partial charge in [0.2, 0.25) is 5.91 Å². The summed E-state index contributed by atoms with van der Waals surface area (Å²) in [5.74, 6) is -1.43. The Morgan fingerprint density at radius 1 is 1.32 bits per heavy atom. The van der Waals surface area contributed by atoms with Crippen LogP contribution in [-0.4, -0.2) is 53.2 Å². The standard InChI is InChI=1S/C12H22N2O5/c1-8(10(16)17)14(5)9(15)6-7-13-11(18)19-12(2,3)4/h8H,6-7H2,1-5H3,(H,13,18)(H,16,17)/t8-/m0/s1. The van der Waals surface area contributed by atoms with Crippen LogP contribution in [0.15, 0.2) is 0 Å². The predicted molar refractivity (Wildman–Crippen MR) is 68.7 cm³/mol. The molecule has 0 aromatic rings. The molecule has 110 valence electrons.